The number of para-hydroxylation sites is 2. The van der Waals surface area contributed by atoms with Gasteiger partial charge >= 0.3 is 0 Å². The number of aryl methyl sites for hydroxylation is 1. The smallest absolute Gasteiger partial charge is 0.246 e. The van der Waals surface area contributed by atoms with Crippen molar-refractivity contribution in [3.05, 3.63) is 41.8 Å². The van der Waals surface area contributed by atoms with Gasteiger partial charge in [-0.15, -0.1) is 0 Å². The summed E-state index contributed by atoms with van der Waals surface area (Å²) in [5.74, 6) is 3.16. The van der Waals surface area contributed by atoms with E-state index in [1.165, 1.54) is 12.8 Å². The van der Waals surface area contributed by atoms with E-state index >= 15 is 0 Å². The molecule has 5 heteroatoms. The highest BCUT2D eigenvalue weighted by Gasteiger charge is 2.28. The van der Waals surface area contributed by atoms with E-state index in [1.807, 2.05) is 12.1 Å². The Bertz CT molecular complexity index is 770. The van der Waals surface area contributed by atoms with E-state index in [4.69, 9.17) is 9.51 Å². The van der Waals surface area contributed by atoms with Crippen molar-refractivity contribution >= 4 is 11.0 Å². The molecule has 0 N–H and O–H groups in total. The third kappa shape index (κ3) is 2.33. The lowest BCUT2D eigenvalue weighted by atomic mass is 10.3. The fourth-order valence-corrected chi connectivity index (χ4v) is 2.69. The average Bonchev–Trinajstić information content (AvgIpc) is 3.15. The molecule has 108 valence electrons. The Balaban J connectivity index is 1.71. The average molecular weight is 282 g/mol. The van der Waals surface area contributed by atoms with Crippen LogP contribution in [-0.2, 0) is 13.0 Å². The van der Waals surface area contributed by atoms with Crippen LogP contribution in [0.4, 0.5) is 0 Å². The molecule has 3 aromatic rings. The summed E-state index contributed by atoms with van der Waals surface area (Å²) in [6, 6.07) is 8.21. The summed E-state index contributed by atoms with van der Waals surface area (Å²) in [5.41, 5.74) is 2.16. The highest BCUT2D eigenvalue weighted by Crippen LogP contribution is 2.38. The Morgan fingerprint density at radius 2 is 2.10 bits per heavy atom. The molecule has 0 spiro atoms. The summed E-state index contributed by atoms with van der Waals surface area (Å²) >= 11 is 0. The fraction of sp³-hybridized carbons (Fsp3) is 0.438. The molecule has 2 heterocycles. The molecule has 1 saturated carbocycles. The van der Waals surface area contributed by atoms with E-state index in [-0.39, 0.29) is 0 Å². The van der Waals surface area contributed by atoms with Crippen molar-refractivity contribution < 1.29 is 4.52 Å². The van der Waals surface area contributed by atoms with Crippen molar-refractivity contribution in [3.8, 4) is 0 Å². The lowest BCUT2D eigenvalue weighted by molar-refractivity contribution is 0.366. The molecule has 0 radical (unpaired) electrons. The summed E-state index contributed by atoms with van der Waals surface area (Å²) in [6.07, 6.45) is 4.40. The molecule has 21 heavy (non-hydrogen) atoms. The second-order valence-corrected chi connectivity index (χ2v) is 5.67. The minimum atomic E-state index is 0.525. The highest BCUT2D eigenvalue weighted by atomic mass is 16.5. The van der Waals surface area contributed by atoms with Crippen molar-refractivity contribution in [1.29, 1.82) is 0 Å². The second-order valence-electron chi connectivity index (χ2n) is 5.67. The van der Waals surface area contributed by atoms with Gasteiger partial charge in [0.2, 0.25) is 5.89 Å². The minimum Gasteiger partial charge on any atom is -0.337 e. The van der Waals surface area contributed by atoms with Crippen LogP contribution < -0.4 is 0 Å². The van der Waals surface area contributed by atoms with Crippen LogP contribution in [0.2, 0.25) is 0 Å². The fourth-order valence-electron chi connectivity index (χ4n) is 2.69. The SMILES string of the molecule is CCCc1nc2ccccc2n1Cc1nc(C2CC2)no1. The monoisotopic (exact) mass is 282 g/mol. The zero-order valence-electron chi connectivity index (χ0n) is 12.1. The van der Waals surface area contributed by atoms with E-state index in [2.05, 4.69) is 33.8 Å². The van der Waals surface area contributed by atoms with Gasteiger partial charge in [0.1, 0.15) is 12.4 Å². The normalized spacial score (nSPS) is 14.9. The Hall–Kier alpha value is -2.17. The number of hydrogen-bond acceptors (Lipinski definition) is 4. The van der Waals surface area contributed by atoms with Crippen molar-refractivity contribution in [2.75, 3.05) is 0 Å². The molecule has 0 bridgehead atoms. The molecule has 2 aromatic heterocycles. The van der Waals surface area contributed by atoms with Crippen LogP contribution in [0, 0.1) is 0 Å². The molecule has 1 fully saturated rings. The summed E-state index contributed by atoms with van der Waals surface area (Å²) in [6.45, 7) is 2.77. The zero-order chi connectivity index (χ0) is 14.2. The van der Waals surface area contributed by atoms with Gasteiger partial charge in [0.05, 0.1) is 11.0 Å². The van der Waals surface area contributed by atoms with E-state index in [0.717, 1.165) is 35.5 Å². The Kier molecular flexibility index (Phi) is 2.98. The van der Waals surface area contributed by atoms with Gasteiger partial charge in [0.25, 0.3) is 0 Å². The number of hydrogen-bond donors (Lipinski definition) is 0. The van der Waals surface area contributed by atoms with Gasteiger partial charge in [-0.05, 0) is 31.4 Å². The number of fused-ring (bicyclic) bond motifs is 1. The quantitative estimate of drug-likeness (QED) is 0.720. The third-order valence-electron chi connectivity index (χ3n) is 3.93. The lowest BCUT2D eigenvalue weighted by Crippen LogP contribution is -2.05. The molecular formula is C16H18N4O. The molecule has 1 aliphatic carbocycles. The first kappa shape index (κ1) is 12.6. The first-order valence-corrected chi connectivity index (χ1v) is 7.61. The van der Waals surface area contributed by atoms with Gasteiger partial charge in [0, 0.05) is 12.3 Å². The van der Waals surface area contributed by atoms with Gasteiger partial charge < -0.3 is 9.09 Å². The van der Waals surface area contributed by atoms with E-state index in [0.29, 0.717) is 18.4 Å². The largest absolute Gasteiger partial charge is 0.337 e. The summed E-state index contributed by atoms with van der Waals surface area (Å²) < 4.78 is 7.61. The zero-order valence-corrected chi connectivity index (χ0v) is 12.1. The van der Waals surface area contributed by atoms with Crippen LogP contribution in [0.15, 0.2) is 28.8 Å². The summed E-state index contributed by atoms with van der Waals surface area (Å²) in [5, 5.41) is 4.09. The Labute approximate surface area is 123 Å². The Morgan fingerprint density at radius 3 is 2.90 bits per heavy atom. The van der Waals surface area contributed by atoms with E-state index < -0.39 is 0 Å². The minimum absolute atomic E-state index is 0.525. The van der Waals surface area contributed by atoms with Gasteiger partial charge in [0.15, 0.2) is 5.82 Å². The summed E-state index contributed by atoms with van der Waals surface area (Å²) in [4.78, 5) is 9.25. The molecule has 0 saturated heterocycles. The van der Waals surface area contributed by atoms with Crippen molar-refractivity contribution in [3.63, 3.8) is 0 Å². The standard InChI is InChI=1S/C16H18N4O/c1-2-5-14-17-12-6-3-4-7-13(12)20(14)10-15-18-16(19-21-15)11-8-9-11/h3-4,6-7,11H,2,5,8-10H2,1H3. The predicted octanol–water partition coefficient (Wildman–Crippen LogP) is 3.30. The lowest BCUT2D eigenvalue weighted by Gasteiger charge is -2.05. The van der Waals surface area contributed by atoms with Gasteiger partial charge in [-0.2, -0.15) is 4.98 Å². The third-order valence-corrected chi connectivity index (χ3v) is 3.93. The van der Waals surface area contributed by atoms with E-state index in [1.54, 1.807) is 0 Å². The van der Waals surface area contributed by atoms with Crippen LogP contribution in [0.1, 0.15) is 49.6 Å². The number of benzene rings is 1. The molecule has 0 amide bonds. The topological polar surface area (TPSA) is 56.7 Å². The van der Waals surface area contributed by atoms with Crippen LogP contribution >= 0.6 is 0 Å². The summed E-state index contributed by atoms with van der Waals surface area (Å²) in [7, 11) is 0. The van der Waals surface area contributed by atoms with Crippen LogP contribution in [0.25, 0.3) is 11.0 Å². The van der Waals surface area contributed by atoms with Gasteiger partial charge in [-0.1, -0.05) is 24.2 Å². The molecule has 0 unspecified atom stereocenters. The number of nitrogens with zero attached hydrogens (tertiary/aromatic N) is 4. The molecule has 5 nitrogen and oxygen atoms in total. The number of imidazole rings is 1. The number of aromatic nitrogens is 4. The Morgan fingerprint density at radius 1 is 1.24 bits per heavy atom. The molecule has 0 atom stereocenters. The van der Waals surface area contributed by atoms with Crippen LogP contribution in [0.3, 0.4) is 0 Å². The predicted molar refractivity (Wildman–Crippen MR) is 79.1 cm³/mol. The molecule has 1 aliphatic rings. The van der Waals surface area contributed by atoms with Gasteiger partial charge in [-0.3, -0.25) is 0 Å². The molecular weight excluding hydrogens is 264 g/mol. The molecule has 0 aliphatic heterocycles. The first-order chi connectivity index (χ1) is 10.3. The van der Waals surface area contributed by atoms with E-state index in [9.17, 15) is 0 Å². The highest BCUT2D eigenvalue weighted by molar-refractivity contribution is 5.76. The van der Waals surface area contributed by atoms with Gasteiger partial charge in [-0.25, -0.2) is 4.98 Å². The second kappa shape index (κ2) is 4.98. The number of rotatable bonds is 5. The maximum Gasteiger partial charge on any atom is 0.246 e. The van der Waals surface area contributed by atoms with Crippen LogP contribution in [0.5, 0.6) is 0 Å². The van der Waals surface area contributed by atoms with Crippen LogP contribution in [-0.4, -0.2) is 19.7 Å². The first-order valence-electron chi connectivity index (χ1n) is 7.61. The van der Waals surface area contributed by atoms with Crippen molar-refractivity contribution in [1.82, 2.24) is 19.7 Å². The maximum atomic E-state index is 5.41. The van der Waals surface area contributed by atoms with Crippen molar-refractivity contribution in [2.45, 2.75) is 45.1 Å². The molecule has 1 aromatic carbocycles. The molecule has 4 rings (SSSR count). The maximum absolute atomic E-state index is 5.41. The van der Waals surface area contributed by atoms with Crippen molar-refractivity contribution in [2.24, 2.45) is 0 Å².